The highest BCUT2D eigenvalue weighted by atomic mass is 32.2. The van der Waals surface area contributed by atoms with Crippen LogP contribution in [0.15, 0.2) is 35.2 Å². The molecule has 0 radical (unpaired) electrons. The SMILES string of the molecule is CC.CC(NC(=O)C1CCCN1C(=O)C(NC(=O)NC(C(=O)NSc1ccccc1)C(C)C)C(C)(C)C)C(=O)C(N)=O.CC1CCC1.CCC. The number of urea groups is 1. The molecule has 4 atom stereocenters. The Kier molecular flexibility index (Phi) is 22.0. The van der Waals surface area contributed by atoms with Crippen molar-refractivity contribution in [3.63, 3.8) is 0 Å². The van der Waals surface area contributed by atoms with Crippen LogP contribution in [0.5, 0.6) is 0 Å². The third kappa shape index (κ3) is 16.4. The second kappa shape index (κ2) is 23.7. The monoisotopic (exact) mass is 720 g/mol. The highest BCUT2D eigenvalue weighted by Gasteiger charge is 2.42. The number of ketones is 1. The van der Waals surface area contributed by atoms with Crippen LogP contribution in [-0.4, -0.2) is 71.1 Å². The normalized spacial score (nSPS) is 17.0. The Morgan fingerprint density at radius 3 is 1.88 bits per heavy atom. The van der Waals surface area contributed by atoms with E-state index in [0.717, 1.165) is 22.8 Å². The van der Waals surface area contributed by atoms with Gasteiger partial charge in [-0.2, -0.15) is 0 Å². The van der Waals surface area contributed by atoms with E-state index in [1.807, 2.05) is 44.2 Å². The topological polar surface area (TPSA) is 180 Å². The van der Waals surface area contributed by atoms with Gasteiger partial charge in [-0.25, -0.2) is 4.79 Å². The van der Waals surface area contributed by atoms with E-state index in [1.165, 1.54) is 37.5 Å². The van der Waals surface area contributed by atoms with E-state index in [4.69, 9.17) is 5.73 Å². The lowest BCUT2D eigenvalue weighted by molar-refractivity contribution is -0.143. The molecule has 1 saturated heterocycles. The van der Waals surface area contributed by atoms with Gasteiger partial charge in [0.25, 0.3) is 11.8 Å². The van der Waals surface area contributed by atoms with Crippen molar-refractivity contribution >= 4 is 47.4 Å². The first kappa shape index (κ1) is 46.4. The summed E-state index contributed by atoms with van der Waals surface area (Å²) >= 11 is 1.13. The fourth-order valence-corrected chi connectivity index (χ4v) is 5.47. The molecular formula is C37H64N6O6S. The number of amides is 6. The van der Waals surface area contributed by atoms with Gasteiger partial charge in [0.1, 0.15) is 18.1 Å². The molecule has 0 spiro atoms. The fourth-order valence-electron chi connectivity index (χ4n) is 4.83. The van der Waals surface area contributed by atoms with Gasteiger partial charge in [-0.3, -0.25) is 28.7 Å². The van der Waals surface area contributed by atoms with Crippen molar-refractivity contribution < 1.29 is 28.8 Å². The van der Waals surface area contributed by atoms with E-state index in [2.05, 4.69) is 41.4 Å². The number of rotatable bonds is 11. The van der Waals surface area contributed by atoms with Gasteiger partial charge in [-0.15, -0.1) is 0 Å². The Morgan fingerprint density at radius 1 is 0.900 bits per heavy atom. The molecule has 1 aliphatic carbocycles. The first-order chi connectivity index (χ1) is 23.4. The lowest BCUT2D eigenvalue weighted by Crippen LogP contribution is -2.61. The Balaban J connectivity index is 0.00000209. The zero-order valence-electron chi connectivity index (χ0n) is 32.2. The van der Waals surface area contributed by atoms with Gasteiger partial charge >= 0.3 is 6.03 Å². The number of Topliss-reactive ketones (excluding diaryl/α,β-unsaturated/α-hetero) is 1. The van der Waals surface area contributed by atoms with Gasteiger partial charge in [-0.05, 0) is 61.1 Å². The molecule has 1 saturated carbocycles. The third-order valence-electron chi connectivity index (χ3n) is 7.86. The van der Waals surface area contributed by atoms with Crippen molar-refractivity contribution in [2.45, 2.75) is 144 Å². The van der Waals surface area contributed by atoms with Gasteiger partial charge in [0.05, 0.1) is 6.04 Å². The molecule has 1 aromatic carbocycles. The van der Waals surface area contributed by atoms with Crippen LogP contribution in [0, 0.1) is 17.3 Å². The second-order valence-electron chi connectivity index (χ2n) is 13.9. The van der Waals surface area contributed by atoms with Crippen molar-refractivity contribution in [2.24, 2.45) is 23.0 Å². The summed E-state index contributed by atoms with van der Waals surface area (Å²) in [6, 6.07) is 4.63. The lowest BCUT2D eigenvalue weighted by atomic mass is 9.85. The van der Waals surface area contributed by atoms with E-state index in [-0.39, 0.29) is 12.5 Å². The maximum Gasteiger partial charge on any atom is 0.316 e. The quantitative estimate of drug-likeness (QED) is 0.151. The molecule has 13 heteroatoms. The average Bonchev–Trinajstić information content (AvgIpc) is 3.55. The molecule has 284 valence electrons. The Labute approximate surface area is 304 Å². The van der Waals surface area contributed by atoms with Crippen molar-refractivity contribution in [1.82, 2.24) is 25.6 Å². The number of carbonyl (C=O) groups excluding carboxylic acids is 6. The number of carbonyl (C=O) groups is 6. The molecule has 1 aromatic rings. The summed E-state index contributed by atoms with van der Waals surface area (Å²) < 4.78 is 2.75. The molecule has 12 nitrogen and oxygen atoms in total. The van der Waals surface area contributed by atoms with Gasteiger partial charge in [-0.1, -0.05) is 113 Å². The highest BCUT2D eigenvalue weighted by Crippen LogP contribution is 2.26. The van der Waals surface area contributed by atoms with Crippen molar-refractivity contribution in [3.05, 3.63) is 30.3 Å². The predicted octanol–water partition coefficient (Wildman–Crippen LogP) is 5.35. The van der Waals surface area contributed by atoms with Crippen molar-refractivity contribution in [1.29, 1.82) is 0 Å². The van der Waals surface area contributed by atoms with Gasteiger partial charge in [0.2, 0.25) is 17.6 Å². The van der Waals surface area contributed by atoms with Crippen molar-refractivity contribution in [3.8, 4) is 0 Å². The van der Waals surface area contributed by atoms with Crippen LogP contribution in [0.2, 0.25) is 0 Å². The number of primary amides is 1. The Bertz CT molecular complexity index is 1220. The molecule has 3 rings (SSSR count). The average molecular weight is 721 g/mol. The fraction of sp³-hybridized carbons (Fsp3) is 0.676. The molecule has 6 N–H and O–H groups in total. The Hall–Kier alpha value is -3.61. The van der Waals surface area contributed by atoms with Crippen LogP contribution >= 0.6 is 11.9 Å². The van der Waals surface area contributed by atoms with Crippen LogP contribution < -0.4 is 26.4 Å². The van der Waals surface area contributed by atoms with E-state index in [0.29, 0.717) is 12.8 Å². The van der Waals surface area contributed by atoms with Crippen LogP contribution in [0.3, 0.4) is 0 Å². The molecule has 0 aromatic heterocycles. The first-order valence-corrected chi connectivity index (χ1v) is 18.8. The number of hydrogen-bond donors (Lipinski definition) is 5. The maximum absolute atomic E-state index is 13.7. The number of likely N-dealkylation sites (tertiary alicyclic amines) is 1. The molecule has 50 heavy (non-hydrogen) atoms. The van der Waals surface area contributed by atoms with E-state index in [9.17, 15) is 28.8 Å². The predicted molar refractivity (Wildman–Crippen MR) is 201 cm³/mol. The summed E-state index contributed by atoms with van der Waals surface area (Å²) in [4.78, 5) is 77.7. The summed E-state index contributed by atoms with van der Waals surface area (Å²) in [6.07, 6.45) is 6.60. The van der Waals surface area contributed by atoms with Crippen LogP contribution in [-0.2, 0) is 24.0 Å². The molecule has 1 aliphatic heterocycles. The minimum absolute atomic E-state index is 0.248. The second-order valence-corrected chi connectivity index (χ2v) is 14.8. The zero-order valence-corrected chi connectivity index (χ0v) is 33.0. The summed E-state index contributed by atoms with van der Waals surface area (Å²) in [5.41, 5.74) is 4.27. The standard InChI is InChI=1S/C27H40N6O6S.C5H10.C3H8.C2H6/c1-15(2)19(24(37)32-40-17-11-8-7-9-12-17)30-26(39)31-21(27(4,5)6)25(38)33-14-10-13-18(33)23(36)29-16(3)20(34)22(28)35;1-5-3-2-4-5;1-3-2;1-2/h7-9,11-12,15-16,18-19,21H,10,13-14H2,1-6H3,(H2,28,35)(H,29,36)(H,32,37)(H2,30,31,39);5H,2-4H2,1H3;3H2,1-2H3;1-2H3. The van der Waals surface area contributed by atoms with Crippen LogP contribution in [0.1, 0.15) is 115 Å². The number of nitrogens with two attached hydrogens (primary N) is 1. The zero-order chi connectivity index (χ0) is 38.6. The number of nitrogens with one attached hydrogen (secondary N) is 4. The largest absolute Gasteiger partial charge is 0.363 e. The smallest absolute Gasteiger partial charge is 0.316 e. The van der Waals surface area contributed by atoms with E-state index >= 15 is 0 Å². The lowest BCUT2D eigenvalue weighted by Gasteiger charge is -2.36. The number of hydrogen-bond acceptors (Lipinski definition) is 7. The Morgan fingerprint density at radius 2 is 1.44 bits per heavy atom. The highest BCUT2D eigenvalue weighted by molar-refractivity contribution is 7.98. The summed E-state index contributed by atoms with van der Waals surface area (Å²) in [7, 11) is 0. The van der Waals surface area contributed by atoms with Gasteiger partial charge in [0.15, 0.2) is 0 Å². The summed E-state index contributed by atoms with van der Waals surface area (Å²) in [5.74, 6) is -2.74. The van der Waals surface area contributed by atoms with Crippen molar-refractivity contribution in [2.75, 3.05) is 6.54 Å². The molecular weight excluding hydrogens is 657 g/mol. The summed E-state index contributed by atoms with van der Waals surface area (Å²) in [5, 5.41) is 7.83. The molecule has 6 amide bonds. The first-order valence-electron chi connectivity index (χ1n) is 18.0. The molecule has 4 unspecified atom stereocenters. The molecule has 2 fully saturated rings. The van der Waals surface area contributed by atoms with Gasteiger partial charge in [0, 0.05) is 11.4 Å². The van der Waals surface area contributed by atoms with E-state index < -0.39 is 65.0 Å². The minimum Gasteiger partial charge on any atom is -0.363 e. The number of benzene rings is 1. The van der Waals surface area contributed by atoms with E-state index in [1.54, 1.807) is 34.6 Å². The minimum atomic E-state index is -1.16. The van der Waals surface area contributed by atoms with Crippen LogP contribution in [0.4, 0.5) is 4.79 Å². The summed E-state index contributed by atoms with van der Waals surface area (Å²) in [6.45, 7) is 21.1. The van der Waals surface area contributed by atoms with Crippen LogP contribution in [0.25, 0.3) is 0 Å². The number of nitrogens with zero attached hydrogens (tertiary/aromatic N) is 1. The maximum atomic E-state index is 13.7. The molecule has 2 aliphatic rings. The molecule has 0 bridgehead atoms. The third-order valence-corrected chi connectivity index (χ3v) is 8.68. The van der Waals surface area contributed by atoms with Gasteiger partial charge < -0.3 is 26.6 Å². The molecule has 1 heterocycles.